The highest BCUT2D eigenvalue weighted by molar-refractivity contribution is 7.99. The lowest BCUT2D eigenvalue weighted by Gasteiger charge is -2.22. The standard InChI is InChI=1S/C19H22FN5O3S/c20-12-8-6-11(7-9-12)17(27)23-15-16(21)24-19(25-18(15)28)29-10-14(26)22-13-4-2-1-3-5-13/h6-9,13H,1-5,10H2,(H,22,26)(H,23,27)(H3,21,24,25,28). The van der Waals surface area contributed by atoms with Gasteiger partial charge >= 0.3 is 0 Å². The van der Waals surface area contributed by atoms with Crippen molar-refractivity contribution in [2.45, 2.75) is 43.3 Å². The van der Waals surface area contributed by atoms with Crippen LogP contribution in [0.5, 0.6) is 0 Å². The molecule has 1 fully saturated rings. The lowest BCUT2D eigenvalue weighted by atomic mass is 9.95. The van der Waals surface area contributed by atoms with E-state index in [-0.39, 0.29) is 39.9 Å². The van der Waals surface area contributed by atoms with E-state index in [4.69, 9.17) is 5.73 Å². The van der Waals surface area contributed by atoms with Crippen molar-refractivity contribution in [1.82, 2.24) is 15.3 Å². The molecule has 1 aliphatic carbocycles. The van der Waals surface area contributed by atoms with Gasteiger partial charge in [-0.1, -0.05) is 31.0 Å². The molecule has 0 atom stereocenters. The zero-order valence-electron chi connectivity index (χ0n) is 15.7. The Morgan fingerprint density at radius 1 is 1.21 bits per heavy atom. The Hall–Kier alpha value is -2.88. The minimum absolute atomic E-state index is 0.0974. The number of amides is 2. The number of carbonyl (C=O) groups excluding carboxylic acids is 2. The number of hydrogen-bond donors (Lipinski definition) is 4. The van der Waals surface area contributed by atoms with E-state index in [2.05, 4.69) is 20.6 Å². The lowest BCUT2D eigenvalue weighted by molar-refractivity contribution is -0.119. The highest BCUT2D eigenvalue weighted by Gasteiger charge is 2.17. The van der Waals surface area contributed by atoms with Crippen molar-refractivity contribution in [3.63, 3.8) is 0 Å². The van der Waals surface area contributed by atoms with Crippen LogP contribution in [-0.2, 0) is 4.79 Å². The fraction of sp³-hybridized carbons (Fsp3) is 0.368. The number of nitrogens with two attached hydrogens (primary N) is 1. The number of rotatable bonds is 6. The van der Waals surface area contributed by atoms with Gasteiger partial charge in [-0.2, -0.15) is 0 Å². The summed E-state index contributed by atoms with van der Waals surface area (Å²) < 4.78 is 13.0. The second-order valence-corrected chi connectivity index (χ2v) is 7.75. The number of H-pyrrole nitrogens is 1. The van der Waals surface area contributed by atoms with Gasteiger partial charge < -0.3 is 16.4 Å². The third kappa shape index (κ3) is 5.80. The van der Waals surface area contributed by atoms with E-state index in [1.54, 1.807) is 0 Å². The molecule has 0 saturated heterocycles. The molecule has 0 spiro atoms. The molecular weight excluding hydrogens is 397 g/mol. The van der Waals surface area contributed by atoms with E-state index in [0.29, 0.717) is 0 Å². The van der Waals surface area contributed by atoms with E-state index in [9.17, 15) is 18.8 Å². The molecule has 2 amide bonds. The van der Waals surface area contributed by atoms with Gasteiger partial charge in [0.25, 0.3) is 11.5 Å². The number of halogens is 1. The molecule has 2 aromatic rings. The molecule has 1 saturated carbocycles. The van der Waals surface area contributed by atoms with Crippen LogP contribution in [0, 0.1) is 5.82 Å². The molecule has 1 aromatic carbocycles. The van der Waals surface area contributed by atoms with Gasteiger partial charge in [0.05, 0.1) is 5.75 Å². The number of nitrogens with zero attached hydrogens (tertiary/aromatic N) is 1. The van der Waals surface area contributed by atoms with Gasteiger partial charge in [0.2, 0.25) is 5.91 Å². The van der Waals surface area contributed by atoms with E-state index in [1.807, 2.05) is 0 Å². The summed E-state index contributed by atoms with van der Waals surface area (Å²) in [5, 5.41) is 5.55. The van der Waals surface area contributed by atoms with E-state index >= 15 is 0 Å². The quantitative estimate of drug-likeness (QED) is 0.420. The normalized spacial score (nSPS) is 14.4. The number of carbonyl (C=O) groups is 2. The minimum Gasteiger partial charge on any atom is -0.382 e. The van der Waals surface area contributed by atoms with Crippen LogP contribution < -0.4 is 21.9 Å². The molecule has 0 aliphatic heterocycles. The molecule has 5 N–H and O–H groups in total. The predicted octanol–water partition coefficient (Wildman–Crippen LogP) is 2.28. The van der Waals surface area contributed by atoms with E-state index in [1.165, 1.54) is 18.6 Å². The minimum atomic E-state index is -0.636. The Morgan fingerprint density at radius 3 is 2.55 bits per heavy atom. The van der Waals surface area contributed by atoms with Gasteiger partial charge in [-0.25, -0.2) is 9.37 Å². The summed E-state index contributed by atoms with van der Waals surface area (Å²) in [5.74, 6) is -1.29. The lowest BCUT2D eigenvalue weighted by Crippen LogP contribution is -2.37. The van der Waals surface area contributed by atoms with Gasteiger partial charge in [0, 0.05) is 11.6 Å². The smallest absolute Gasteiger partial charge is 0.277 e. The fourth-order valence-electron chi connectivity index (χ4n) is 3.10. The second-order valence-electron chi connectivity index (χ2n) is 6.78. The first-order chi connectivity index (χ1) is 13.9. The van der Waals surface area contributed by atoms with Crippen LogP contribution in [0.15, 0.2) is 34.2 Å². The summed E-state index contributed by atoms with van der Waals surface area (Å²) in [6, 6.07) is 5.06. The van der Waals surface area contributed by atoms with Crippen LogP contribution in [0.3, 0.4) is 0 Å². The van der Waals surface area contributed by atoms with Crippen molar-refractivity contribution in [3.8, 4) is 0 Å². The number of nitrogen functional groups attached to an aromatic ring is 1. The number of nitrogens with one attached hydrogen (secondary N) is 3. The van der Waals surface area contributed by atoms with Crippen molar-refractivity contribution in [1.29, 1.82) is 0 Å². The molecule has 1 heterocycles. The number of aromatic nitrogens is 2. The highest BCUT2D eigenvalue weighted by atomic mass is 32.2. The summed E-state index contributed by atoms with van der Waals surface area (Å²) in [6.07, 6.45) is 5.42. The Balaban J connectivity index is 1.59. The maximum absolute atomic E-state index is 13.0. The zero-order valence-corrected chi connectivity index (χ0v) is 16.5. The van der Waals surface area contributed by atoms with Gasteiger partial charge in [-0.15, -0.1) is 0 Å². The maximum atomic E-state index is 13.0. The van der Waals surface area contributed by atoms with Crippen LogP contribution in [0.25, 0.3) is 0 Å². The molecule has 1 aliphatic rings. The molecular formula is C19H22FN5O3S. The molecule has 0 radical (unpaired) electrons. The molecule has 0 bridgehead atoms. The largest absolute Gasteiger partial charge is 0.382 e. The number of aromatic amines is 1. The van der Waals surface area contributed by atoms with Crippen LogP contribution >= 0.6 is 11.8 Å². The zero-order chi connectivity index (χ0) is 20.8. The number of benzene rings is 1. The van der Waals surface area contributed by atoms with Crippen molar-refractivity contribution >= 4 is 35.1 Å². The molecule has 29 heavy (non-hydrogen) atoms. The summed E-state index contributed by atoms with van der Waals surface area (Å²) in [4.78, 5) is 43.1. The average molecular weight is 419 g/mol. The molecule has 0 unspecified atom stereocenters. The first kappa shape index (κ1) is 20.8. The number of anilines is 2. The maximum Gasteiger partial charge on any atom is 0.277 e. The topological polar surface area (TPSA) is 130 Å². The second kappa shape index (κ2) is 9.55. The molecule has 1 aromatic heterocycles. The summed E-state index contributed by atoms with van der Waals surface area (Å²) in [7, 11) is 0. The number of hydrogen-bond acceptors (Lipinski definition) is 6. The van der Waals surface area contributed by atoms with Crippen LogP contribution in [0.4, 0.5) is 15.9 Å². The van der Waals surface area contributed by atoms with Gasteiger partial charge in [-0.3, -0.25) is 19.4 Å². The third-order valence-corrected chi connectivity index (χ3v) is 5.45. The van der Waals surface area contributed by atoms with Crippen LogP contribution in [-0.4, -0.2) is 33.6 Å². The van der Waals surface area contributed by atoms with Crippen molar-refractivity contribution in [2.75, 3.05) is 16.8 Å². The van der Waals surface area contributed by atoms with Gasteiger partial charge in [-0.05, 0) is 37.1 Å². The Labute approximate surface area is 170 Å². The Morgan fingerprint density at radius 2 is 1.90 bits per heavy atom. The SMILES string of the molecule is Nc1nc(SCC(=O)NC2CCCCC2)[nH]c(=O)c1NC(=O)c1ccc(F)cc1. The molecule has 8 nitrogen and oxygen atoms in total. The first-order valence-corrected chi connectivity index (χ1v) is 10.3. The van der Waals surface area contributed by atoms with Crippen LogP contribution in [0.1, 0.15) is 42.5 Å². The van der Waals surface area contributed by atoms with Crippen LogP contribution in [0.2, 0.25) is 0 Å². The first-order valence-electron chi connectivity index (χ1n) is 9.31. The summed E-state index contributed by atoms with van der Waals surface area (Å²) in [6.45, 7) is 0. The Bertz CT molecular complexity index is 942. The number of thioether (sulfide) groups is 1. The van der Waals surface area contributed by atoms with Crippen molar-refractivity contribution in [2.24, 2.45) is 0 Å². The van der Waals surface area contributed by atoms with E-state index < -0.39 is 17.3 Å². The molecule has 3 rings (SSSR count). The third-order valence-electron chi connectivity index (χ3n) is 4.58. The molecule has 10 heteroatoms. The molecule has 154 valence electrons. The highest BCUT2D eigenvalue weighted by Crippen LogP contribution is 2.19. The van der Waals surface area contributed by atoms with Gasteiger partial charge in [0.15, 0.2) is 11.0 Å². The fourth-order valence-corrected chi connectivity index (χ4v) is 3.77. The van der Waals surface area contributed by atoms with Gasteiger partial charge in [0.1, 0.15) is 11.5 Å². The summed E-state index contributed by atoms with van der Waals surface area (Å²) in [5.41, 5.74) is 5.14. The Kier molecular flexibility index (Phi) is 6.86. The summed E-state index contributed by atoms with van der Waals surface area (Å²) >= 11 is 1.06. The van der Waals surface area contributed by atoms with Crippen molar-refractivity contribution < 1.29 is 14.0 Å². The van der Waals surface area contributed by atoms with Crippen molar-refractivity contribution in [3.05, 3.63) is 46.0 Å². The predicted molar refractivity (Wildman–Crippen MR) is 109 cm³/mol. The monoisotopic (exact) mass is 419 g/mol. The average Bonchev–Trinajstić information content (AvgIpc) is 2.70. The van der Waals surface area contributed by atoms with E-state index in [0.717, 1.165) is 49.6 Å².